The zero-order chi connectivity index (χ0) is 11.4. The van der Waals surface area contributed by atoms with E-state index in [4.69, 9.17) is 9.52 Å². The van der Waals surface area contributed by atoms with Gasteiger partial charge >= 0.3 is 0 Å². The largest absolute Gasteiger partial charge is 0.443 e. The maximum absolute atomic E-state index is 9.07. The molecule has 1 aromatic heterocycles. The number of fused-ring (bicyclic) bond motifs is 1. The second-order valence-electron chi connectivity index (χ2n) is 3.87. The molecule has 0 amide bonds. The Hall–Kier alpha value is -1.55. The van der Waals surface area contributed by atoms with Crippen LogP contribution in [0.15, 0.2) is 29.0 Å². The van der Waals surface area contributed by atoms with Gasteiger partial charge in [0, 0.05) is 24.9 Å². The molecule has 2 rings (SSSR count). The summed E-state index contributed by atoms with van der Waals surface area (Å²) >= 11 is 0. The molecule has 2 aromatic rings. The molecule has 86 valence electrons. The Morgan fingerprint density at radius 2 is 2.38 bits per heavy atom. The third-order valence-electron chi connectivity index (χ3n) is 2.76. The standard InChI is InChI=1S/C12H16N2O2/c1-2-9(7-15)6-13-10-3-4-11-12(5-10)16-8-14-11/h3-5,8-9,13,15H,2,6-7H2,1H3. The quantitative estimate of drug-likeness (QED) is 0.811. The number of nitrogens with one attached hydrogen (secondary N) is 1. The Balaban J connectivity index is 2.03. The molecule has 0 aliphatic rings. The molecule has 1 unspecified atom stereocenters. The molecule has 0 radical (unpaired) electrons. The molecule has 1 aromatic carbocycles. The van der Waals surface area contributed by atoms with Crippen LogP contribution in [0.1, 0.15) is 13.3 Å². The summed E-state index contributed by atoms with van der Waals surface area (Å²) in [6.45, 7) is 3.06. The Morgan fingerprint density at radius 1 is 1.50 bits per heavy atom. The van der Waals surface area contributed by atoms with Crippen molar-refractivity contribution in [3.05, 3.63) is 24.6 Å². The van der Waals surface area contributed by atoms with Gasteiger partial charge in [0.25, 0.3) is 0 Å². The Morgan fingerprint density at radius 3 is 3.12 bits per heavy atom. The highest BCUT2D eigenvalue weighted by Gasteiger charge is 2.05. The minimum Gasteiger partial charge on any atom is -0.443 e. The molecule has 1 atom stereocenters. The number of aliphatic hydroxyl groups is 1. The van der Waals surface area contributed by atoms with Gasteiger partial charge < -0.3 is 14.8 Å². The van der Waals surface area contributed by atoms with E-state index in [9.17, 15) is 0 Å². The zero-order valence-electron chi connectivity index (χ0n) is 9.31. The molecule has 1 heterocycles. The topological polar surface area (TPSA) is 58.3 Å². The van der Waals surface area contributed by atoms with Crippen molar-refractivity contribution < 1.29 is 9.52 Å². The number of anilines is 1. The monoisotopic (exact) mass is 220 g/mol. The molecule has 4 heteroatoms. The molecular weight excluding hydrogens is 204 g/mol. The van der Waals surface area contributed by atoms with Crippen molar-refractivity contribution in [3.8, 4) is 0 Å². The van der Waals surface area contributed by atoms with Crippen LogP contribution in [-0.2, 0) is 0 Å². The van der Waals surface area contributed by atoms with Gasteiger partial charge in [-0.3, -0.25) is 0 Å². The summed E-state index contributed by atoms with van der Waals surface area (Å²) < 4.78 is 5.22. The van der Waals surface area contributed by atoms with Crippen LogP contribution in [0.2, 0.25) is 0 Å². The Labute approximate surface area is 94.3 Å². The van der Waals surface area contributed by atoms with Crippen LogP contribution in [0, 0.1) is 5.92 Å². The maximum Gasteiger partial charge on any atom is 0.181 e. The van der Waals surface area contributed by atoms with E-state index in [1.807, 2.05) is 18.2 Å². The van der Waals surface area contributed by atoms with Gasteiger partial charge in [0.2, 0.25) is 0 Å². The third kappa shape index (κ3) is 2.33. The van der Waals surface area contributed by atoms with Crippen molar-refractivity contribution in [3.63, 3.8) is 0 Å². The molecule has 0 saturated heterocycles. The molecular formula is C12H16N2O2. The molecule has 2 N–H and O–H groups in total. The summed E-state index contributed by atoms with van der Waals surface area (Å²) in [4.78, 5) is 4.05. The summed E-state index contributed by atoms with van der Waals surface area (Å²) in [6.07, 6.45) is 2.41. The number of nitrogens with zero attached hydrogens (tertiary/aromatic N) is 1. The lowest BCUT2D eigenvalue weighted by molar-refractivity contribution is 0.230. The van der Waals surface area contributed by atoms with Gasteiger partial charge in [-0.15, -0.1) is 0 Å². The second-order valence-corrected chi connectivity index (χ2v) is 3.87. The zero-order valence-corrected chi connectivity index (χ0v) is 9.31. The fourth-order valence-electron chi connectivity index (χ4n) is 1.57. The Kier molecular flexibility index (Phi) is 3.41. The number of hydrogen-bond acceptors (Lipinski definition) is 4. The average Bonchev–Trinajstić information content (AvgIpc) is 2.77. The molecule has 0 saturated carbocycles. The van der Waals surface area contributed by atoms with E-state index in [0.29, 0.717) is 5.92 Å². The van der Waals surface area contributed by atoms with Crippen molar-refractivity contribution in [1.29, 1.82) is 0 Å². The van der Waals surface area contributed by atoms with Crippen molar-refractivity contribution in [1.82, 2.24) is 4.98 Å². The first-order valence-electron chi connectivity index (χ1n) is 5.51. The average molecular weight is 220 g/mol. The molecule has 0 aliphatic carbocycles. The number of hydrogen-bond donors (Lipinski definition) is 2. The number of aromatic nitrogens is 1. The van der Waals surface area contributed by atoms with Crippen LogP contribution in [0.4, 0.5) is 5.69 Å². The van der Waals surface area contributed by atoms with Crippen LogP contribution < -0.4 is 5.32 Å². The van der Waals surface area contributed by atoms with Gasteiger partial charge in [-0.1, -0.05) is 6.92 Å². The van der Waals surface area contributed by atoms with Crippen LogP contribution >= 0.6 is 0 Å². The van der Waals surface area contributed by atoms with E-state index in [-0.39, 0.29) is 6.61 Å². The van der Waals surface area contributed by atoms with E-state index in [0.717, 1.165) is 29.8 Å². The van der Waals surface area contributed by atoms with Crippen LogP contribution in [0.5, 0.6) is 0 Å². The normalized spacial score (nSPS) is 12.9. The van der Waals surface area contributed by atoms with Crippen LogP contribution in [-0.4, -0.2) is 23.2 Å². The molecule has 16 heavy (non-hydrogen) atoms. The van der Waals surface area contributed by atoms with Gasteiger partial charge in [0.05, 0.1) is 0 Å². The van der Waals surface area contributed by atoms with Gasteiger partial charge in [0.1, 0.15) is 5.52 Å². The van der Waals surface area contributed by atoms with Crippen molar-refractivity contribution >= 4 is 16.8 Å². The highest BCUT2D eigenvalue weighted by Crippen LogP contribution is 2.18. The fourth-order valence-corrected chi connectivity index (χ4v) is 1.57. The third-order valence-corrected chi connectivity index (χ3v) is 2.76. The van der Waals surface area contributed by atoms with Crippen molar-refractivity contribution in [2.75, 3.05) is 18.5 Å². The van der Waals surface area contributed by atoms with Crippen LogP contribution in [0.3, 0.4) is 0 Å². The fraction of sp³-hybridized carbons (Fsp3) is 0.417. The van der Waals surface area contributed by atoms with Crippen molar-refractivity contribution in [2.45, 2.75) is 13.3 Å². The number of oxazole rings is 1. The number of rotatable bonds is 5. The second kappa shape index (κ2) is 4.99. The number of benzene rings is 1. The maximum atomic E-state index is 9.07. The summed E-state index contributed by atoms with van der Waals surface area (Å²) in [5.74, 6) is 0.297. The molecule has 0 aliphatic heterocycles. The predicted octanol–water partition coefficient (Wildman–Crippen LogP) is 2.26. The summed E-state index contributed by atoms with van der Waals surface area (Å²) in [5, 5.41) is 12.4. The smallest absolute Gasteiger partial charge is 0.181 e. The van der Waals surface area contributed by atoms with Gasteiger partial charge in [-0.05, 0) is 24.5 Å². The van der Waals surface area contributed by atoms with Crippen LogP contribution in [0.25, 0.3) is 11.1 Å². The van der Waals surface area contributed by atoms with E-state index in [1.54, 1.807) is 0 Å². The van der Waals surface area contributed by atoms with Gasteiger partial charge in [-0.2, -0.15) is 0 Å². The first-order valence-corrected chi connectivity index (χ1v) is 5.51. The van der Waals surface area contributed by atoms with E-state index >= 15 is 0 Å². The van der Waals surface area contributed by atoms with Crippen molar-refractivity contribution in [2.24, 2.45) is 5.92 Å². The first-order chi connectivity index (χ1) is 7.83. The van der Waals surface area contributed by atoms with E-state index < -0.39 is 0 Å². The molecule has 4 nitrogen and oxygen atoms in total. The minimum atomic E-state index is 0.216. The van der Waals surface area contributed by atoms with Gasteiger partial charge in [0.15, 0.2) is 12.0 Å². The Bertz CT molecular complexity index is 449. The lowest BCUT2D eigenvalue weighted by atomic mass is 10.1. The first kappa shape index (κ1) is 11.0. The highest BCUT2D eigenvalue weighted by molar-refractivity contribution is 5.76. The van der Waals surface area contributed by atoms with Gasteiger partial charge in [-0.25, -0.2) is 4.98 Å². The molecule has 0 fully saturated rings. The SMILES string of the molecule is CCC(CO)CNc1ccc2ncoc2c1. The minimum absolute atomic E-state index is 0.216. The lowest BCUT2D eigenvalue weighted by Crippen LogP contribution is -2.16. The van der Waals surface area contributed by atoms with E-state index in [1.165, 1.54) is 6.39 Å². The predicted molar refractivity (Wildman–Crippen MR) is 63.4 cm³/mol. The summed E-state index contributed by atoms with van der Waals surface area (Å²) in [7, 11) is 0. The van der Waals surface area contributed by atoms with E-state index in [2.05, 4.69) is 17.2 Å². The summed E-state index contributed by atoms with van der Waals surface area (Å²) in [5.41, 5.74) is 2.64. The lowest BCUT2D eigenvalue weighted by Gasteiger charge is -2.13. The highest BCUT2D eigenvalue weighted by atomic mass is 16.3. The molecule has 0 spiro atoms. The summed E-state index contributed by atoms with van der Waals surface area (Å²) in [6, 6.07) is 5.81. The number of aliphatic hydroxyl groups excluding tert-OH is 1. The molecule has 0 bridgehead atoms.